The van der Waals surface area contributed by atoms with E-state index in [1.807, 2.05) is 26.8 Å². The first-order valence-corrected chi connectivity index (χ1v) is 9.10. The van der Waals surface area contributed by atoms with E-state index in [2.05, 4.69) is 15.4 Å². The number of hydrogen-bond acceptors (Lipinski definition) is 4. The van der Waals surface area contributed by atoms with Gasteiger partial charge in [0.15, 0.2) is 0 Å². The average Bonchev–Trinajstić information content (AvgIpc) is 3.08. The molecule has 3 aromatic rings. The maximum absolute atomic E-state index is 11.8. The Morgan fingerprint density at radius 3 is 2.71 bits per heavy atom. The van der Waals surface area contributed by atoms with Crippen molar-refractivity contribution in [2.24, 2.45) is 0 Å². The molecule has 1 amide bonds. The molecule has 0 aliphatic rings. The second kappa shape index (κ2) is 6.70. The van der Waals surface area contributed by atoms with Crippen molar-refractivity contribution in [3.63, 3.8) is 0 Å². The Morgan fingerprint density at radius 2 is 2.08 bits per heavy atom. The zero-order valence-electron chi connectivity index (χ0n) is 13.5. The number of fused-ring (bicyclic) bond motifs is 1. The SMILES string of the molecule is CCCC(=O)Nc1cc(Cl)c2nc(-n3nc(C)cc3C)sc2c1Cl. The van der Waals surface area contributed by atoms with E-state index in [4.69, 9.17) is 23.2 Å². The Bertz CT molecular complexity index is 932. The molecule has 1 N–H and O–H groups in total. The van der Waals surface area contributed by atoms with Gasteiger partial charge in [-0.1, -0.05) is 41.5 Å². The van der Waals surface area contributed by atoms with Crippen molar-refractivity contribution in [1.82, 2.24) is 14.8 Å². The van der Waals surface area contributed by atoms with Crippen LogP contribution in [0.3, 0.4) is 0 Å². The highest BCUT2D eigenvalue weighted by Gasteiger charge is 2.18. The molecule has 1 aromatic carbocycles. The molecular formula is C16H16Cl2N4OS. The molecule has 0 unspecified atom stereocenters. The molecule has 5 nitrogen and oxygen atoms in total. The van der Waals surface area contributed by atoms with Crippen LogP contribution in [0.4, 0.5) is 5.69 Å². The summed E-state index contributed by atoms with van der Waals surface area (Å²) in [7, 11) is 0. The third-order valence-electron chi connectivity index (χ3n) is 3.49. The van der Waals surface area contributed by atoms with Crippen molar-refractivity contribution < 1.29 is 4.79 Å². The fraction of sp³-hybridized carbons (Fsp3) is 0.312. The fourth-order valence-electron chi connectivity index (χ4n) is 2.44. The van der Waals surface area contributed by atoms with Gasteiger partial charge in [0.2, 0.25) is 11.0 Å². The summed E-state index contributed by atoms with van der Waals surface area (Å²) in [5, 5.41) is 8.84. The third-order valence-corrected chi connectivity index (χ3v) is 5.33. The molecule has 0 atom stereocenters. The fourth-order valence-corrected chi connectivity index (χ4v) is 4.10. The monoisotopic (exact) mass is 382 g/mol. The topological polar surface area (TPSA) is 59.8 Å². The van der Waals surface area contributed by atoms with Gasteiger partial charge in [0.1, 0.15) is 5.52 Å². The molecule has 0 radical (unpaired) electrons. The number of anilines is 1. The van der Waals surface area contributed by atoms with Crippen LogP contribution in [-0.2, 0) is 4.79 Å². The number of nitrogens with zero attached hydrogens (tertiary/aromatic N) is 3. The van der Waals surface area contributed by atoms with E-state index in [0.717, 1.165) is 22.5 Å². The molecule has 2 heterocycles. The molecule has 0 saturated carbocycles. The van der Waals surface area contributed by atoms with Gasteiger partial charge in [-0.15, -0.1) is 0 Å². The van der Waals surface area contributed by atoms with Gasteiger partial charge in [0.05, 0.1) is 26.1 Å². The van der Waals surface area contributed by atoms with Crippen LogP contribution in [0.25, 0.3) is 15.3 Å². The number of thiazole rings is 1. The van der Waals surface area contributed by atoms with Crippen LogP contribution in [0.15, 0.2) is 12.1 Å². The van der Waals surface area contributed by atoms with E-state index in [0.29, 0.717) is 32.8 Å². The molecule has 0 fully saturated rings. The number of benzene rings is 1. The highest BCUT2D eigenvalue weighted by molar-refractivity contribution is 7.21. The van der Waals surface area contributed by atoms with Crippen LogP contribution >= 0.6 is 34.5 Å². The largest absolute Gasteiger partial charge is 0.325 e. The van der Waals surface area contributed by atoms with Crippen LogP contribution in [-0.4, -0.2) is 20.7 Å². The van der Waals surface area contributed by atoms with Crippen LogP contribution in [0, 0.1) is 13.8 Å². The smallest absolute Gasteiger partial charge is 0.224 e. The summed E-state index contributed by atoms with van der Waals surface area (Å²) in [6.07, 6.45) is 1.20. The predicted octanol–water partition coefficient (Wildman–Crippen LogP) is 5.14. The standard InChI is InChI=1S/C16H16Cl2N4OS/c1-4-5-12(23)19-11-7-10(17)14-15(13(11)18)24-16(20-14)22-9(3)6-8(2)21-22/h6-7H,4-5H2,1-3H3,(H,19,23). The normalized spacial score (nSPS) is 11.2. The first-order chi connectivity index (χ1) is 11.4. The van der Waals surface area contributed by atoms with Gasteiger partial charge in [0, 0.05) is 12.1 Å². The Labute approximate surface area is 153 Å². The maximum Gasteiger partial charge on any atom is 0.224 e. The lowest BCUT2D eigenvalue weighted by molar-refractivity contribution is -0.116. The Kier molecular flexibility index (Phi) is 4.80. The van der Waals surface area contributed by atoms with Crippen LogP contribution in [0.1, 0.15) is 31.2 Å². The lowest BCUT2D eigenvalue weighted by atomic mass is 10.2. The van der Waals surface area contributed by atoms with Crippen molar-refractivity contribution in [2.45, 2.75) is 33.6 Å². The summed E-state index contributed by atoms with van der Waals surface area (Å²) in [5.41, 5.74) is 3.02. The lowest BCUT2D eigenvalue weighted by Gasteiger charge is -2.07. The first kappa shape index (κ1) is 17.2. The number of carbonyl (C=O) groups is 1. The van der Waals surface area contributed by atoms with Crippen molar-refractivity contribution in [3.8, 4) is 5.13 Å². The molecule has 0 aliphatic carbocycles. The molecule has 0 spiro atoms. The highest BCUT2D eigenvalue weighted by Crippen LogP contribution is 2.40. The second-order valence-corrected chi connectivity index (χ2v) is 7.29. The number of aryl methyl sites for hydroxylation is 2. The Balaban J connectivity index is 2.09. The van der Waals surface area contributed by atoms with Gasteiger partial charge < -0.3 is 5.32 Å². The van der Waals surface area contributed by atoms with Gasteiger partial charge in [-0.25, -0.2) is 9.67 Å². The number of nitrogens with one attached hydrogen (secondary N) is 1. The average molecular weight is 383 g/mol. The number of hydrogen-bond donors (Lipinski definition) is 1. The molecule has 0 bridgehead atoms. The van der Waals surface area contributed by atoms with Crippen LogP contribution < -0.4 is 5.32 Å². The number of halogens is 2. The van der Waals surface area contributed by atoms with Crippen molar-refractivity contribution in [1.29, 1.82) is 0 Å². The molecule has 8 heteroatoms. The molecule has 2 aromatic heterocycles. The van der Waals surface area contributed by atoms with Gasteiger partial charge in [0.25, 0.3) is 0 Å². The van der Waals surface area contributed by atoms with Crippen LogP contribution in [0.2, 0.25) is 10.0 Å². The van der Waals surface area contributed by atoms with E-state index < -0.39 is 0 Å². The number of amides is 1. The summed E-state index contributed by atoms with van der Waals surface area (Å²) < 4.78 is 2.50. The molecular weight excluding hydrogens is 367 g/mol. The van der Waals surface area contributed by atoms with E-state index in [1.165, 1.54) is 11.3 Å². The van der Waals surface area contributed by atoms with Crippen molar-refractivity contribution in [2.75, 3.05) is 5.32 Å². The molecule has 126 valence electrons. The van der Waals surface area contributed by atoms with Crippen LogP contribution in [0.5, 0.6) is 0 Å². The quantitative estimate of drug-likeness (QED) is 0.678. The Morgan fingerprint density at radius 1 is 1.33 bits per heavy atom. The summed E-state index contributed by atoms with van der Waals surface area (Å²) in [4.78, 5) is 16.4. The minimum atomic E-state index is -0.0851. The summed E-state index contributed by atoms with van der Waals surface area (Å²) in [6.45, 7) is 5.84. The van der Waals surface area contributed by atoms with E-state index in [-0.39, 0.29) is 5.91 Å². The zero-order valence-corrected chi connectivity index (χ0v) is 15.8. The highest BCUT2D eigenvalue weighted by atomic mass is 35.5. The van der Waals surface area contributed by atoms with E-state index in [9.17, 15) is 4.79 Å². The van der Waals surface area contributed by atoms with Gasteiger partial charge in [-0.05, 0) is 32.4 Å². The predicted molar refractivity (Wildman–Crippen MR) is 99.8 cm³/mol. The third kappa shape index (κ3) is 3.14. The molecule has 0 saturated heterocycles. The second-order valence-electron chi connectivity index (χ2n) is 5.53. The molecule has 3 rings (SSSR count). The summed E-state index contributed by atoms with van der Waals surface area (Å²) in [6, 6.07) is 3.62. The zero-order chi connectivity index (χ0) is 17.4. The van der Waals surface area contributed by atoms with Gasteiger partial charge >= 0.3 is 0 Å². The number of aromatic nitrogens is 3. The maximum atomic E-state index is 11.8. The molecule has 24 heavy (non-hydrogen) atoms. The van der Waals surface area contributed by atoms with Crippen molar-refractivity contribution >= 4 is 56.3 Å². The van der Waals surface area contributed by atoms with Gasteiger partial charge in [-0.3, -0.25) is 4.79 Å². The first-order valence-electron chi connectivity index (χ1n) is 7.52. The van der Waals surface area contributed by atoms with Gasteiger partial charge in [-0.2, -0.15) is 5.10 Å². The minimum absolute atomic E-state index is 0.0851. The molecule has 0 aliphatic heterocycles. The van der Waals surface area contributed by atoms with E-state index >= 15 is 0 Å². The Hall–Kier alpha value is -1.63. The summed E-state index contributed by atoms with van der Waals surface area (Å²) in [5.74, 6) is -0.0851. The number of rotatable bonds is 4. The van der Waals surface area contributed by atoms with Crippen molar-refractivity contribution in [3.05, 3.63) is 33.6 Å². The summed E-state index contributed by atoms with van der Waals surface area (Å²) >= 11 is 14.2. The number of carbonyl (C=O) groups excluding carboxylic acids is 1. The minimum Gasteiger partial charge on any atom is -0.325 e. The lowest BCUT2D eigenvalue weighted by Crippen LogP contribution is -2.10. The van der Waals surface area contributed by atoms with E-state index in [1.54, 1.807) is 10.7 Å².